The minimum absolute atomic E-state index is 0.0283. The van der Waals surface area contributed by atoms with Crippen LogP contribution >= 0.6 is 0 Å². The summed E-state index contributed by atoms with van der Waals surface area (Å²) in [5, 5.41) is 5.03. The Balaban J connectivity index is 1.35. The number of aromatic nitrogens is 1. The van der Waals surface area contributed by atoms with Gasteiger partial charge >= 0.3 is 0 Å². The van der Waals surface area contributed by atoms with E-state index in [1.54, 1.807) is 0 Å². The molecule has 0 aliphatic heterocycles. The zero-order valence-corrected chi connectivity index (χ0v) is 17.9. The monoisotopic (exact) mass is 470 g/mol. The van der Waals surface area contributed by atoms with Crippen LogP contribution in [0, 0.1) is 22.9 Å². The van der Waals surface area contributed by atoms with Gasteiger partial charge in [0.25, 0.3) is 0 Å². The number of benzene rings is 2. The fourth-order valence-electron chi connectivity index (χ4n) is 3.53. The van der Waals surface area contributed by atoms with Crippen molar-refractivity contribution in [2.24, 2.45) is 5.41 Å². The second-order valence-electron chi connectivity index (χ2n) is 8.24. The summed E-state index contributed by atoms with van der Waals surface area (Å²) < 4.78 is 47.3. The quantitative estimate of drug-likeness (QED) is 0.429. The van der Waals surface area contributed by atoms with Gasteiger partial charge in [0.05, 0.1) is 5.69 Å². The molecular weight excluding hydrogens is 449 g/mol. The molecule has 0 radical (unpaired) electrons. The molecule has 0 unspecified atom stereocenters. The van der Waals surface area contributed by atoms with Crippen molar-refractivity contribution < 1.29 is 27.5 Å². The number of anilines is 3. The van der Waals surface area contributed by atoms with E-state index in [1.807, 2.05) is 0 Å². The molecule has 10 heteroatoms. The van der Waals surface area contributed by atoms with E-state index < -0.39 is 28.8 Å². The maximum Gasteiger partial charge on any atom is 0.225 e. The number of carbonyl (C=O) groups excluding carboxylic acids is 2. The summed E-state index contributed by atoms with van der Waals surface area (Å²) >= 11 is 0. The van der Waals surface area contributed by atoms with Crippen molar-refractivity contribution in [2.75, 3.05) is 16.4 Å². The van der Waals surface area contributed by atoms with E-state index >= 15 is 0 Å². The van der Waals surface area contributed by atoms with Crippen LogP contribution in [-0.2, 0) is 9.59 Å². The molecule has 0 spiro atoms. The first kappa shape index (κ1) is 23.1. The summed E-state index contributed by atoms with van der Waals surface area (Å²) in [5.41, 5.74) is 5.10. The molecular formula is C24H21F3N4O3. The second-order valence-corrected chi connectivity index (χ2v) is 8.24. The highest BCUT2D eigenvalue weighted by molar-refractivity contribution is 5.94. The average molecular weight is 470 g/mol. The number of nitrogens with two attached hydrogens (primary N) is 1. The zero-order valence-electron chi connectivity index (χ0n) is 17.9. The number of nitrogens with zero attached hydrogens (tertiary/aromatic N) is 1. The van der Waals surface area contributed by atoms with Crippen LogP contribution in [0.25, 0.3) is 0 Å². The Labute approximate surface area is 193 Å². The number of ether oxygens (including phenoxy) is 1. The lowest BCUT2D eigenvalue weighted by molar-refractivity contribution is -0.119. The van der Waals surface area contributed by atoms with Gasteiger partial charge in [-0.05, 0) is 48.6 Å². The first-order chi connectivity index (χ1) is 16.2. The smallest absolute Gasteiger partial charge is 0.225 e. The summed E-state index contributed by atoms with van der Waals surface area (Å²) in [6, 6.07) is 9.78. The number of pyridine rings is 1. The molecule has 7 nitrogen and oxygen atoms in total. The zero-order chi connectivity index (χ0) is 24.3. The number of nitrogens with one attached hydrogen (secondary N) is 2. The first-order valence-electron chi connectivity index (χ1n) is 10.5. The number of halogens is 3. The molecule has 1 aliphatic carbocycles. The molecule has 1 saturated carbocycles. The van der Waals surface area contributed by atoms with Crippen LogP contribution in [0.5, 0.6) is 11.5 Å². The molecule has 2 aromatic carbocycles. The Morgan fingerprint density at radius 1 is 0.941 bits per heavy atom. The van der Waals surface area contributed by atoms with Gasteiger partial charge in [-0.15, -0.1) is 0 Å². The molecule has 34 heavy (non-hydrogen) atoms. The minimum atomic E-state index is -0.884. The highest BCUT2D eigenvalue weighted by atomic mass is 19.1. The van der Waals surface area contributed by atoms with Crippen LogP contribution in [-0.4, -0.2) is 16.8 Å². The summed E-state index contributed by atoms with van der Waals surface area (Å²) in [7, 11) is 0. The van der Waals surface area contributed by atoms with Crippen LogP contribution in [0.1, 0.15) is 25.7 Å². The third kappa shape index (κ3) is 5.83. The fourth-order valence-corrected chi connectivity index (χ4v) is 3.53. The van der Waals surface area contributed by atoms with Crippen molar-refractivity contribution in [3.63, 3.8) is 0 Å². The summed E-state index contributed by atoms with van der Waals surface area (Å²) in [4.78, 5) is 28.6. The molecule has 0 bridgehead atoms. The SMILES string of the molecule is Nc1cc(Oc2cc(F)c(NC(=O)CC3(CC(=O)Nc4ccc(F)cc4)CC3)cc2F)ccn1. The van der Waals surface area contributed by atoms with E-state index in [0.717, 1.165) is 12.1 Å². The Morgan fingerprint density at radius 3 is 2.26 bits per heavy atom. The standard InChI is InChI=1S/C24H21F3N4O3/c25-14-1-3-15(4-2-14)30-22(32)12-24(6-7-24)13-23(33)31-19-10-18(27)20(11-17(19)26)34-16-5-8-29-21(28)9-16/h1-5,8-11H,6-7,12-13H2,(H2,28,29)(H,30,32)(H,31,33). The van der Waals surface area contributed by atoms with Gasteiger partial charge in [0.2, 0.25) is 11.8 Å². The van der Waals surface area contributed by atoms with E-state index in [-0.39, 0.29) is 41.8 Å². The van der Waals surface area contributed by atoms with Crippen LogP contribution in [0.2, 0.25) is 0 Å². The predicted molar refractivity (Wildman–Crippen MR) is 120 cm³/mol. The third-order valence-electron chi connectivity index (χ3n) is 5.43. The lowest BCUT2D eigenvalue weighted by Gasteiger charge is -2.16. The highest BCUT2D eigenvalue weighted by Crippen LogP contribution is 2.52. The van der Waals surface area contributed by atoms with Crippen molar-refractivity contribution in [1.82, 2.24) is 4.98 Å². The Bertz CT molecular complexity index is 1230. The molecule has 0 saturated heterocycles. The minimum Gasteiger partial charge on any atom is -0.454 e. The maximum absolute atomic E-state index is 14.5. The van der Waals surface area contributed by atoms with Gasteiger partial charge in [-0.1, -0.05) is 0 Å². The molecule has 4 N–H and O–H groups in total. The molecule has 176 valence electrons. The van der Waals surface area contributed by atoms with Gasteiger partial charge in [-0.2, -0.15) is 0 Å². The van der Waals surface area contributed by atoms with E-state index in [9.17, 15) is 22.8 Å². The van der Waals surface area contributed by atoms with Gasteiger partial charge in [0.1, 0.15) is 17.4 Å². The third-order valence-corrected chi connectivity index (χ3v) is 5.43. The summed E-state index contributed by atoms with van der Waals surface area (Å²) in [6.45, 7) is 0. The number of hydrogen-bond acceptors (Lipinski definition) is 5. The normalized spacial score (nSPS) is 13.7. The number of nitrogen functional groups attached to an aromatic ring is 1. The fraction of sp³-hybridized carbons (Fsp3) is 0.208. The van der Waals surface area contributed by atoms with E-state index in [2.05, 4.69) is 15.6 Å². The van der Waals surface area contributed by atoms with Crippen molar-refractivity contribution in [2.45, 2.75) is 25.7 Å². The number of carbonyl (C=O) groups is 2. The maximum atomic E-state index is 14.5. The second kappa shape index (κ2) is 9.42. The number of amides is 2. The lowest BCUT2D eigenvalue weighted by Crippen LogP contribution is -2.23. The topological polar surface area (TPSA) is 106 Å². The van der Waals surface area contributed by atoms with Gasteiger partial charge in [-0.3, -0.25) is 9.59 Å². The Kier molecular flexibility index (Phi) is 6.40. The molecule has 1 aliphatic rings. The molecule has 1 fully saturated rings. The van der Waals surface area contributed by atoms with Gasteiger partial charge in [-0.25, -0.2) is 18.2 Å². The van der Waals surface area contributed by atoms with Crippen LogP contribution in [0.3, 0.4) is 0 Å². The van der Waals surface area contributed by atoms with Crippen LogP contribution < -0.4 is 21.1 Å². The van der Waals surface area contributed by atoms with Crippen molar-refractivity contribution in [1.29, 1.82) is 0 Å². The predicted octanol–water partition coefficient (Wildman–Crippen LogP) is 5.01. The Hall–Kier alpha value is -4.08. The van der Waals surface area contributed by atoms with Crippen LogP contribution in [0.15, 0.2) is 54.7 Å². The van der Waals surface area contributed by atoms with Crippen molar-refractivity contribution >= 4 is 29.0 Å². The van der Waals surface area contributed by atoms with Crippen molar-refractivity contribution in [3.05, 3.63) is 72.2 Å². The summed E-state index contributed by atoms with van der Waals surface area (Å²) in [5.74, 6) is -3.08. The Morgan fingerprint density at radius 2 is 1.62 bits per heavy atom. The molecule has 4 rings (SSSR count). The van der Waals surface area contributed by atoms with E-state index in [0.29, 0.717) is 18.5 Å². The number of rotatable bonds is 8. The molecule has 1 heterocycles. The van der Waals surface area contributed by atoms with Crippen molar-refractivity contribution in [3.8, 4) is 11.5 Å². The van der Waals surface area contributed by atoms with Gasteiger partial charge < -0.3 is 21.1 Å². The van der Waals surface area contributed by atoms with E-state index in [1.165, 1.54) is 42.6 Å². The molecule has 3 aromatic rings. The lowest BCUT2D eigenvalue weighted by atomic mass is 9.97. The van der Waals surface area contributed by atoms with Gasteiger partial charge in [0.15, 0.2) is 17.4 Å². The largest absolute Gasteiger partial charge is 0.454 e. The molecule has 1 aromatic heterocycles. The van der Waals surface area contributed by atoms with Gasteiger partial charge in [0, 0.05) is 42.9 Å². The van der Waals surface area contributed by atoms with Crippen LogP contribution in [0.4, 0.5) is 30.4 Å². The summed E-state index contributed by atoms with van der Waals surface area (Å²) in [6.07, 6.45) is 2.71. The average Bonchev–Trinajstić information content (AvgIpc) is 3.51. The highest BCUT2D eigenvalue weighted by Gasteiger charge is 2.45. The molecule has 0 atom stereocenters. The molecule has 2 amide bonds. The first-order valence-corrected chi connectivity index (χ1v) is 10.5. The number of hydrogen-bond donors (Lipinski definition) is 3. The van der Waals surface area contributed by atoms with E-state index in [4.69, 9.17) is 10.5 Å².